The normalized spacial score (nSPS) is 10.6. The van der Waals surface area contributed by atoms with Crippen molar-refractivity contribution >= 4 is 21.6 Å². The molecule has 0 aliphatic carbocycles. The minimum atomic E-state index is -0.473. The second kappa shape index (κ2) is 5.23. The molecule has 0 aliphatic rings. The van der Waals surface area contributed by atoms with E-state index in [1.54, 1.807) is 13.1 Å². The second-order valence-electron chi connectivity index (χ2n) is 3.50. The molecule has 0 spiro atoms. The Labute approximate surface area is 110 Å². The highest BCUT2D eigenvalue weighted by molar-refractivity contribution is 9.10. The predicted molar refractivity (Wildman–Crippen MR) is 66.9 cm³/mol. The third kappa shape index (κ3) is 2.71. The summed E-state index contributed by atoms with van der Waals surface area (Å²) in [5.41, 5.74) is 0.471. The third-order valence-corrected chi connectivity index (χ3v) is 2.60. The van der Waals surface area contributed by atoms with Gasteiger partial charge in [0, 0.05) is 22.2 Å². The number of nitrogens with zero attached hydrogens (tertiary/aromatic N) is 3. The smallest absolute Gasteiger partial charge is 0.271 e. The predicted octanol–water partition coefficient (Wildman–Crippen LogP) is 2.13. The molecule has 1 N–H and O–H groups in total. The highest BCUT2D eigenvalue weighted by atomic mass is 79.9. The van der Waals surface area contributed by atoms with Crippen LogP contribution in [0.25, 0.3) is 11.5 Å². The number of nitrogens with one attached hydrogen (secondary N) is 1. The van der Waals surface area contributed by atoms with E-state index in [1.807, 2.05) is 0 Å². The average Bonchev–Trinajstić information content (AvgIpc) is 2.77. The molecular formula is C10H9BrN4O3. The number of nitro benzene ring substituents is 1. The van der Waals surface area contributed by atoms with Crippen molar-refractivity contribution in [2.24, 2.45) is 0 Å². The summed E-state index contributed by atoms with van der Waals surface area (Å²) in [5, 5.41) is 17.4. The molecule has 1 aromatic carbocycles. The van der Waals surface area contributed by atoms with E-state index in [2.05, 4.69) is 31.4 Å². The van der Waals surface area contributed by atoms with Crippen molar-refractivity contribution in [1.29, 1.82) is 0 Å². The summed E-state index contributed by atoms with van der Waals surface area (Å²) in [6, 6.07) is 4.49. The van der Waals surface area contributed by atoms with Gasteiger partial charge in [-0.3, -0.25) is 10.1 Å². The van der Waals surface area contributed by atoms with Crippen molar-refractivity contribution in [2.75, 3.05) is 7.05 Å². The summed E-state index contributed by atoms with van der Waals surface area (Å²) in [6.07, 6.45) is 0. The number of benzene rings is 1. The van der Waals surface area contributed by atoms with E-state index in [-0.39, 0.29) is 11.6 Å². The molecule has 94 valence electrons. The summed E-state index contributed by atoms with van der Waals surface area (Å²) < 4.78 is 5.63. The van der Waals surface area contributed by atoms with Crippen LogP contribution in [0.4, 0.5) is 5.69 Å². The molecular weight excluding hydrogens is 304 g/mol. The Kier molecular flexibility index (Phi) is 3.68. The fourth-order valence-corrected chi connectivity index (χ4v) is 1.89. The van der Waals surface area contributed by atoms with E-state index < -0.39 is 4.92 Å². The van der Waals surface area contributed by atoms with E-state index in [1.165, 1.54) is 12.1 Å². The van der Waals surface area contributed by atoms with Crippen molar-refractivity contribution in [1.82, 2.24) is 15.5 Å². The quantitative estimate of drug-likeness (QED) is 0.686. The van der Waals surface area contributed by atoms with E-state index in [4.69, 9.17) is 4.52 Å². The number of non-ortho nitro benzene ring substituents is 1. The lowest BCUT2D eigenvalue weighted by molar-refractivity contribution is -0.384. The summed E-state index contributed by atoms with van der Waals surface area (Å²) in [6.45, 7) is 0.472. The summed E-state index contributed by atoms with van der Waals surface area (Å²) >= 11 is 3.21. The first-order valence-corrected chi connectivity index (χ1v) is 5.82. The zero-order valence-electron chi connectivity index (χ0n) is 9.38. The van der Waals surface area contributed by atoms with Gasteiger partial charge >= 0.3 is 0 Å². The van der Waals surface area contributed by atoms with Crippen molar-refractivity contribution in [3.05, 3.63) is 38.6 Å². The maximum absolute atomic E-state index is 10.8. The van der Waals surface area contributed by atoms with Gasteiger partial charge in [-0.2, -0.15) is 4.98 Å². The molecule has 18 heavy (non-hydrogen) atoms. The molecule has 0 bridgehead atoms. The zero-order valence-corrected chi connectivity index (χ0v) is 11.0. The minimum absolute atomic E-state index is 0.0345. The van der Waals surface area contributed by atoms with Crippen molar-refractivity contribution in [2.45, 2.75) is 6.54 Å². The monoisotopic (exact) mass is 312 g/mol. The topological polar surface area (TPSA) is 94.1 Å². The molecule has 2 aromatic rings. The van der Waals surface area contributed by atoms with Crippen LogP contribution in [0.15, 0.2) is 27.2 Å². The second-order valence-corrected chi connectivity index (χ2v) is 4.42. The van der Waals surface area contributed by atoms with Crippen LogP contribution in [0.1, 0.15) is 5.82 Å². The summed E-state index contributed by atoms with van der Waals surface area (Å²) in [7, 11) is 1.76. The molecule has 1 heterocycles. The van der Waals surface area contributed by atoms with Crippen molar-refractivity contribution in [3.8, 4) is 11.5 Å². The summed E-state index contributed by atoms with van der Waals surface area (Å²) in [4.78, 5) is 14.4. The fraction of sp³-hybridized carbons (Fsp3) is 0.200. The first-order valence-electron chi connectivity index (χ1n) is 5.02. The number of rotatable bonds is 4. The fourth-order valence-electron chi connectivity index (χ4n) is 1.40. The molecule has 0 saturated carbocycles. The van der Waals surface area contributed by atoms with Crippen molar-refractivity contribution in [3.63, 3.8) is 0 Å². The average molecular weight is 313 g/mol. The molecule has 2 rings (SSSR count). The van der Waals surface area contributed by atoms with Crippen LogP contribution in [-0.2, 0) is 6.54 Å². The van der Waals surface area contributed by atoms with Crippen LogP contribution in [0.2, 0.25) is 0 Å². The first-order chi connectivity index (χ1) is 8.60. The van der Waals surface area contributed by atoms with Gasteiger partial charge < -0.3 is 9.84 Å². The Hall–Kier alpha value is -1.80. The Morgan fingerprint density at radius 1 is 1.50 bits per heavy atom. The van der Waals surface area contributed by atoms with Crippen LogP contribution < -0.4 is 5.32 Å². The van der Waals surface area contributed by atoms with Crippen LogP contribution in [-0.4, -0.2) is 22.1 Å². The molecule has 0 radical (unpaired) electrons. The Bertz CT molecular complexity index is 584. The maximum Gasteiger partial charge on any atom is 0.271 e. The van der Waals surface area contributed by atoms with Gasteiger partial charge in [-0.15, -0.1) is 0 Å². The minimum Gasteiger partial charge on any atom is -0.334 e. The Morgan fingerprint density at radius 2 is 2.28 bits per heavy atom. The Morgan fingerprint density at radius 3 is 2.94 bits per heavy atom. The van der Waals surface area contributed by atoms with Gasteiger partial charge in [0.15, 0.2) is 5.82 Å². The zero-order chi connectivity index (χ0) is 13.1. The lowest BCUT2D eigenvalue weighted by Crippen LogP contribution is -2.06. The molecule has 1 aromatic heterocycles. The molecule has 0 aliphatic heterocycles. The molecule has 0 atom stereocenters. The lowest BCUT2D eigenvalue weighted by Gasteiger charge is -1.97. The van der Waals surface area contributed by atoms with Gasteiger partial charge in [0.25, 0.3) is 11.6 Å². The van der Waals surface area contributed by atoms with Crippen LogP contribution in [0.3, 0.4) is 0 Å². The van der Waals surface area contributed by atoms with Crippen LogP contribution >= 0.6 is 15.9 Å². The Balaban J connectivity index is 2.39. The largest absolute Gasteiger partial charge is 0.334 e. The van der Waals surface area contributed by atoms with Gasteiger partial charge in [0.1, 0.15) is 0 Å². The van der Waals surface area contributed by atoms with Gasteiger partial charge in [0.2, 0.25) is 0 Å². The van der Waals surface area contributed by atoms with E-state index in [0.717, 1.165) is 0 Å². The number of hydrogen-bond acceptors (Lipinski definition) is 6. The third-order valence-electron chi connectivity index (χ3n) is 2.14. The van der Waals surface area contributed by atoms with E-state index >= 15 is 0 Å². The highest BCUT2D eigenvalue weighted by Crippen LogP contribution is 2.27. The van der Waals surface area contributed by atoms with Crippen molar-refractivity contribution < 1.29 is 9.45 Å². The molecule has 0 saturated heterocycles. The molecule has 0 fully saturated rings. The van der Waals surface area contributed by atoms with Gasteiger partial charge in [-0.1, -0.05) is 21.1 Å². The van der Waals surface area contributed by atoms with Crippen LogP contribution in [0, 0.1) is 10.1 Å². The van der Waals surface area contributed by atoms with Gasteiger partial charge in [0.05, 0.1) is 11.5 Å². The van der Waals surface area contributed by atoms with Gasteiger partial charge in [-0.25, -0.2) is 0 Å². The maximum atomic E-state index is 10.8. The number of aromatic nitrogens is 2. The van der Waals surface area contributed by atoms with E-state index in [9.17, 15) is 10.1 Å². The number of halogens is 1. The molecule has 8 heteroatoms. The van der Waals surface area contributed by atoms with E-state index in [0.29, 0.717) is 22.4 Å². The standard InChI is InChI=1S/C10H9BrN4O3/c1-12-5-9-13-10(18-14-9)6-2-7(11)4-8(3-6)15(16)17/h2-4,12H,5H2,1H3. The van der Waals surface area contributed by atoms with Crippen LogP contribution in [0.5, 0.6) is 0 Å². The number of hydrogen-bond donors (Lipinski definition) is 1. The number of nitro groups is 1. The molecule has 0 amide bonds. The highest BCUT2D eigenvalue weighted by Gasteiger charge is 2.14. The summed E-state index contributed by atoms with van der Waals surface area (Å²) in [5.74, 6) is 0.750. The SMILES string of the molecule is CNCc1noc(-c2cc(Br)cc([N+](=O)[O-])c2)n1. The first kappa shape index (κ1) is 12.7. The van der Waals surface area contributed by atoms with Gasteiger partial charge in [-0.05, 0) is 13.1 Å². The lowest BCUT2D eigenvalue weighted by atomic mass is 10.2. The molecule has 0 unspecified atom stereocenters. The molecule has 7 nitrogen and oxygen atoms in total.